The van der Waals surface area contributed by atoms with Crippen LogP contribution in [0.5, 0.6) is 5.75 Å². The lowest BCUT2D eigenvalue weighted by Gasteiger charge is -2.09. The molecule has 0 fully saturated rings. The Labute approximate surface area is 184 Å². The number of amides is 2. The molecule has 0 spiro atoms. The fourth-order valence-electron chi connectivity index (χ4n) is 2.96. The third kappa shape index (κ3) is 4.92. The van der Waals surface area contributed by atoms with Crippen molar-refractivity contribution in [3.63, 3.8) is 0 Å². The molecule has 31 heavy (non-hydrogen) atoms. The highest BCUT2D eigenvalue weighted by molar-refractivity contribution is 7.19. The summed E-state index contributed by atoms with van der Waals surface area (Å²) in [7, 11) is 1.51. The molecule has 0 atom stereocenters. The molecule has 0 aliphatic heterocycles. The lowest BCUT2D eigenvalue weighted by atomic mass is 10.1. The van der Waals surface area contributed by atoms with Crippen molar-refractivity contribution in [2.45, 2.75) is 13.8 Å². The third-order valence-electron chi connectivity index (χ3n) is 4.45. The van der Waals surface area contributed by atoms with Crippen molar-refractivity contribution in [1.82, 2.24) is 0 Å². The summed E-state index contributed by atoms with van der Waals surface area (Å²) >= 11 is 1.02. The summed E-state index contributed by atoms with van der Waals surface area (Å²) in [5.41, 5.74) is 1.53. The van der Waals surface area contributed by atoms with E-state index in [0.29, 0.717) is 22.6 Å². The smallest absolute Gasteiger partial charge is 0.341 e. The van der Waals surface area contributed by atoms with Crippen molar-refractivity contribution >= 4 is 39.8 Å². The summed E-state index contributed by atoms with van der Waals surface area (Å²) in [5, 5.41) is 5.80. The molecule has 1 aromatic heterocycles. The predicted molar refractivity (Wildman–Crippen MR) is 120 cm³/mol. The number of benzene rings is 2. The van der Waals surface area contributed by atoms with E-state index in [4.69, 9.17) is 9.47 Å². The van der Waals surface area contributed by atoms with Gasteiger partial charge in [-0.2, -0.15) is 0 Å². The van der Waals surface area contributed by atoms with Crippen LogP contribution in [-0.2, 0) is 4.74 Å². The van der Waals surface area contributed by atoms with E-state index < -0.39 is 11.9 Å². The highest BCUT2D eigenvalue weighted by atomic mass is 32.1. The molecule has 0 radical (unpaired) electrons. The fraction of sp³-hybridized carbons (Fsp3) is 0.174. The van der Waals surface area contributed by atoms with E-state index >= 15 is 0 Å². The first-order chi connectivity index (χ1) is 15.0. The molecule has 2 N–H and O–H groups in total. The quantitative estimate of drug-likeness (QED) is 0.520. The Morgan fingerprint density at radius 1 is 0.935 bits per heavy atom. The molecule has 0 saturated heterocycles. The first-order valence-corrected chi connectivity index (χ1v) is 10.4. The van der Waals surface area contributed by atoms with Gasteiger partial charge in [-0.3, -0.25) is 9.59 Å². The third-order valence-corrected chi connectivity index (χ3v) is 5.66. The molecule has 0 aliphatic carbocycles. The molecule has 0 saturated carbocycles. The average molecular weight is 439 g/mol. The van der Waals surface area contributed by atoms with E-state index in [0.717, 1.165) is 11.3 Å². The largest absolute Gasteiger partial charge is 0.495 e. The van der Waals surface area contributed by atoms with Gasteiger partial charge in [-0.1, -0.05) is 30.3 Å². The van der Waals surface area contributed by atoms with Crippen molar-refractivity contribution in [3.8, 4) is 5.75 Å². The summed E-state index contributed by atoms with van der Waals surface area (Å²) in [6.07, 6.45) is 0. The van der Waals surface area contributed by atoms with Gasteiger partial charge in [0.2, 0.25) is 0 Å². The van der Waals surface area contributed by atoms with Crippen LogP contribution >= 0.6 is 11.3 Å². The van der Waals surface area contributed by atoms with Crippen LogP contribution < -0.4 is 15.4 Å². The van der Waals surface area contributed by atoms with Crippen LogP contribution in [-0.4, -0.2) is 31.5 Å². The second-order valence-corrected chi connectivity index (χ2v) is 7.48. The summed E-state index contributed by atoms with van der Waals surface area (Å²) in [6.45, 7) is 3.51. The zero-order valence-corrected chi connectivity index (χ0v) is 18.2. The molecule has 1 heterocycles. The Morgan fingerprint density at radius 2 is 1.61 bits per heavy atom. The number of carbonyl (C=O) groups excluding carboxylic acids is 3. The van der Waals surface area contributed by atoms with Crippen molar-refractivity contribution in [2.75, 3.05) is 24.4 Å². The summed E-state index contributed by atoms with van der Waals surface area (Å²) in [6, 6.07) is 15.6. The van der Waals surface area contributed by atoms with Crippen LogP contribution in [0.2, 0.25) is 0 Å². The molecule has 3 aromatic rings. The number of ether oxygens (including phenoxy) is 2. The number of para-hydroxylation sites is 2. The van der Waals surface area contributed by atoms with E-state index in [1.54, 1.807) is 68.4 Å². The van der Waals surface area contributed by atoms with Crippen molar-refractivity contribution in [2.24, 2.45) is 0 Å². The van der Waals surface area contributed by atoms with Crippen molar-refractivity contribution < 1.29 is 23.9 Å². The summed E-state index contributed by atoms with van der Waals surface area (Å²) < 4.78 is 10.4. The molecule has 0 bridgehead atoms. The van der Waals surface area contributed by atoms with Gasteiger partial charge in [-0.05, 0) is 43.7 Å². The molecule has 7 nitrogen and oxygen atoms in total. The van der Waals surface area contributed by atoms with Gasteiger partial charge >= 0.3 is 5.97 Å². The Kier molecular flexibility index (Phi) is 7.04. The van der Waals surface area contributed by atoms with Crippen LogP contribution in [0.15, 0.2) is 54.6 Å². The van der Waals surface area contributed by atoms with Gasteiger partial charge in [-0.15, -0.1) is 11.3 Å². The van der Waals surface area contributed by atoms with Crippen LogP contribution in [0.1, 0.15) is 42.9 Å². The van der Waals surface area contributed by atoms with E-state index in [9.17, 15) is 14.4 Å². The number of rotatable bonds is 7. The second kappa shape index (κ2) is 9.90. The van der Waals surface area contributed by atoms with E-state index in [-0.39, 0.29) is 28.0 Å². The van der Waals surface area contributed by atoms with Crippen LogP contribution in [0.3, 0.4) is 0 Å². The molecule has 2 aromatic carbocycles. The molecule has 2 amide bonds. The highest BCUT2D eigenvalue weighted by Gasteiger charge is 2.27. The van der Waals surface area contributed by atoms with Gasteiger partial charge in [0.1, 0.15) is 10.8 Å². The topological polar surface area (TPSA) is 93.7 Å². The van der Waals surface area contributed by atoms with Gasteiger partial charge < -0.3 is 20.1 Å². The predicted octanol–water partition coefficient (Wildman–Crippen LogP) is 4.75. The Morgan fingerprint density at radius 3 is 2.29 bits per heavy atom. The van der Waals surface area contributed by atoms with Crippen LogP contribution in [0.25, 0.3) is 0 Å². The lowest BCUT2D eigenvalue weighted by molar-refractivity contribution is 0.0527. The molecule has 0 aliphatic rings. The molecule has 8 heteroatoms. The maximum absolute atomic E-state index is 13.0. The number of nitrogens with one attached hydrogen (secondary N) is 2. The first-order valence-electron chi connectivity index (χ1n) is 9.57. The second-order valence-electron chi connectivity index (χ2n) is 6.46. The summed E-state index contributed by atoms with van der Waals surface area (Å²) in [4.78, 5) is 38.5. The summed E-state index contributed by atoms with van der Waals surface area (Å²) in [5.74, 6) is -0.897. The normalized spacial score (nSPS) is 10.3. The van der Waals surface area contributed by atoms with Crippen LogP contribution in [0, 0.1) is 6.92 Å². The maximum Gasteiger partial charge on any atom is 0.341 e. The minimum atomic E-state index is -0.601. The molecule has 0 unspecified atom stereocenters. The number of esters is 1. The lowest BCUT2D eigenvalue weighted by Crippen LogP contribution is -2.15. The van der Waals surface area contributed by atoms with Gasteiger partial charge in [0.25, 0.3) is 11.8 Å². The molecular formula is C23H22N2O5S. The Bertz CT molecular complexity index is 1110. The zero-order valence-electron chi connectivity index (χ0n) is 17.4. The van der Waals surface area contributed by atoms with Gasteiger partial charge in [-0.25, -0.2) is 4.79 Å². The SMILES string of the molecule is CCOC(=O)c1c(NC(=O)c2ccccc2)sc(C(=O)Nc2ccccc2OC)c1C. The molecule has 160 valence electrons. The standard InChI is InChI=1S/C23H22N2O5S/c1-4-30-23(28)18-14(2)19(21(27)24-16-12-8-9-13-17(16)29-3)31-22(18)25-20(26)15-10-6-5-7-11-15/h5-13H,4H2,1-3H3,(H,24,27)(H,25,26). The average Bonchev–Trinajstić information content (AvgIpc) is 3.10. The van der Waals surface area contributed by atoms with Crippen molar-refractivity contribution in [1.29, 1.82) is 0 Å². The van der Waals surface area contributed by atoms with Crippen molar-refractivity contribution in [3.05, 3.63) is 76.2 Å². The van der Waals surface area contributed by atoms with Gasteiger partial charge in [0, 0.05) is 5.56 Å². The Hall–Kier alpha value is -3.65. The highest BCUT2D eigenvalue weighted by Crippen LogP contribution is 2.35. The number of hydrogen-bond donors (Lipinski definition) is 2. The monoisotopic (exact) mass is 438 g/mol. The van der Waals surface area contributed by atoms with E-state index in [1.807, 2.05) is 0 Å². The Balaban J connectivity index is 1.95. The minimum Gasteiger partial charge on any atom is -0.495 e. The molecule has 3 rings (SSSR count). The maximum atomic E-state index is 13.0. The number of anilines is 2. The van der Waals surface area contributed by atoms with Crippen LogP contribution in [0.4, 0.5) is 10.7 Å². The number of thiophene rings is 1. The zero-order chi connectivity index (χ0) is 22.4. The van der Waals surface area contributed by atoms with Gasteiger partial charge in [0.05, 0.1) is 29.8 Å². The molecular weight excluding hydrogens is 416 g/mol. The van der Waals surface area contributed by atoms with Gasteiger partial charge in [0.15, 0.2) is 0 Å². The van der Waals surface area contributed by atoms with E-state index in [1.165, 1.54) is 7.11 Å². The fourth-order valence-corrected chi connectivity index (χ4v) is 4.04. The number of methoxy groups -OCH3 is 1. The minimum absolute atomic E-state index is 0.168. The number of carbonyl (C=O) groups is 3. The number of hydrogen-bond acceptors (Lipinski definition) is 6. The van der Waals surface area contributed by atoms with E-state index in [2.05, 4.69) is 10.6 Å². The first kappa shape index (κ1) is 22.0.